The third kappa shape index (κ3) is 7.29. The number of carbonyl (C=O) groups is 2. The van der Waals surface area contributed by atoms with Gasteiger partial charge in [0.25, 0.3) is 5.91 Å². The molecule has 1 heterocycles. The summed E-state index contributed by atoms with van der Waals surface area (Å²) in [5.41, 5.74) is 13.2. The van der Waals surface area contributed by atoms with Gasteiger partial charge >= 0.3 is 0 Å². The molecule has 5 N–H and O–H groups in total. The molecule has 8 nitrogen and oxygen atoms in total. The van der Waals surface area contributed by atoms with E-state index in [4.69, 9.17) is 16.2 Å². The lowest BCUT2D eigenvalue weighted by molar-refractivity contribution is -0.122. The van der Waals surface area contributed by atoms with E-state index in [-0.39, 0.29) is 36.9 Å². The number of unbranched alkanes of at least 4 members (excludes halogenated alkanes) is 3. The number of primary amides is 1. The molecule has 0 bridgehead atoms. The van der Waals surface area contributed by atoms with Crippen LogP contribution in [-0.2, 0) is 19.4 Å². The fourth-order valence-electron chi connectivity index (χ4n) is 3.84. The van der Waals surface area contributed by atoms with Gasteiger partial charge in [0.15, 0.2) is 14.6 Å². The van der Waals surface area contributed by atoms with Crippen molar-refractivity contribution in [3.8, 4) is 0 Å². The molecule has 1 fully saturated rings. The summed E-state index contributed by atoms with van der Waals surface area (Å²) >= 11 is 0. The van der Waals surface area contributed by atoms with Crippen LogP contribution in [0.15, 0.2) is 53.4 Å². The number of nitrogen functional groups attached to an aromatic ring is 1. The first-order valence-electron chi connectivity index (χ1n) is 12.0. The van der Waals surface area contributed by atoms with E-state index >= 15 is 0 Å². The van der Waals surface area contributed by atoms with Gasteiger partial charge in [-0.2, -0.15) is 0 Å². The van der Waals surface area contributed by atoms with Gasteiger partial charge in [-0.15, -0.1) is 0 Å². The number of carbonyl (C=O) groups excluding carboxylic acids is 2. The van der Waals surface area contributed by atoms with Crippen LogP contribution in [0, 0.1) is 6.92 Å². The number of hydrogen-bond donors (Lipinski definition) is 3. The monoisotopic (exact) mass is 503 g/mol. The Balaban J connectivity index is 0.000000251. The quantitative estimate of drug-likeness (QED) is 0.354. The van der Waals surface area contributed by atoms with Crippen LogP contribution < -0.4 is 16.8 Å². The van der Waals surface area contributed by atoms with Crippen molar-refractivity contribution >= 4 is 27.3 Å². The number of sulfone groups is 1. The van der Waals surface area contributed by atoms with Crippen LogP contribution in [0.2, 0.25) is 0 Å². The molecule has 0 saturated carbocycles. The molecule has 2 aromatic rings. The highest BCUT2D eigenvalue weighted by Gasteiger charge is 2.50. The van der Waals surface area contributed by atoms with E-state index in [2.05, 4.69) is 12.2 Å². The minimum absolute atomic E-state index is 0.0744. The third-order valence-electron chi connectivity index (χ3n) is 6.12. The number of benzene rings is 2. The van der Waals surface area contributed by atoms with E-state index in [1.165, 1.54) is 31.4 Å². The van der Waals surface area contributed by atoms with E-state index in [1.54, 1.807) is 24.3 Å². The summed E-state index contributed by atoms with van der Waals surface area (Å²) in [4.78, 5) is 23.6. The SMILES string of the molecule is CCCCCCNC(=O)c1ccccc1N.Cc1ccc(S(=O)(=O)C2(C(N)=O)CCOCC2)cc1. The van der Waals surface area contributed by atoms with Crippen molar-refractivity contribution in [3.63, 3.8) is 0 Å². The molecule has 9 heteroatoms. The molecule has 3 rings (SSSR count). The molecule has 0 spiro atoms. The number of ether oxygens (including phenoxy) is 1. The number of rotatable bonds is 9. The Kier molecular flexibility index (Phi) is 10.7. The summed E-state index contributed by atoms with van der Waals surface area (Å²) in [5.74, 6) is -0.869. The Labute approximate surface area is 208 Å². The Morgan fingerprint density at radius 3 is 2.20 bits per heavy atom. The lowest BCUT2D eigenvalue weighted by Gasteiger charge is -2.33. The Morgan fingerprint density at radius 1 is 1.00 bits per heavy atom. The number of anilines is 1. The highest BCUT2D eigenvalue weighted by atomic mass is 32.2. The zero-order valence-corrected chi connectivity index (χ0v) is 21.4. The molecule has 0 aromatic heterocycles. The van der Waals surface area contributed by atoms with Crippen molar-refractivity contribution in [1.82, 2.24) is 5.32 Å². The van der Waals surface area contributed by atoms with Gasteiger partial charge in [-0.05, 0) is 50.5 Å². The summed E-state index contributed by atoms with van der Waals surface area (Å²) in [7, 11) is -3.79. The molecule has 0 atom stereocenters. The van der Waals surface area contributed by atoms with Crippen molar-refractivity contribution in [2.75, 3.05) is 25.5 Å². The van der Waals surface area contributed by atoms with Crippen LogP contribution in [0.3, 0.4) is 0 Å². The average molecular weight is 504 g/mol. The van der Waals surface area contributed by atoms with E-state index in [9.17, 15) is 18.0 Å². The van der Waals surface area contributed by atoms with Gasteiger partial charge in [0, 0.05) is 25.4 Å². The number of nitrogens with one attached hydrogen (secondary N) is 1. The first-order valence-corrected chi connectivity index (χ1v) is 13.5. The predicted molar refractivity (Wildman–Crippen MR) is 138 cm³/mol. The number of nitrogens with two attached hydrogens (primary N) is 2. The molecule has 2 aromatic carbocycles. The van der Waals surface area contributed by atoms with Crippen molar-refractivity contribution in [1.29, 1.82) is 0 Å². The maximum atomic E-state index is 12.7. The topological polar surface area (TPSA) is 142 Å². The lowest BCUT2D eigenvalue weighted by Crippen LogP contribution is -2.53. The van der Waals surface area contributed by atoms with Crippen LogP contribution in [0.5, 0.6) is 0 Å². The summed E-state index contributed by atoms with van der Waals surface area (Å²) in [6.45, 7) is 5.23. The van der Waals surface area contributed by atoms with Crippen molar-refractivity contribution < 1.29 is 22.7 Å². The maximum absolute atomic E-state index is 12.7. The second kappa shape index (κ2) is 13.3. The predicted octanol–water partition coefficient (Wildman–Crippen LogP) is 3.38. The summed E-state index contributed by atoms with van der Waals surface area (Å²) in [5, 5.41) is 2.88. The van der Waals surface area contributed by atoms with Gasteiger partial charge in [0.2, 0.25) is 5.91 Å². The van der Waals surface area contributed by atoms with Crippen LogP contribution >= 0.6 is 0 Å². The lowest BCUT2D eigenvalue weighted by atomic mass is 9.98. The molecule has 1 aliphatic heterocycles. The maximum Gasteiger partial charge on any atom is 0.253 e. The van der Waals surface area contributed by atoms with Gasteiger partial charge in [-0.1, -0.05) is 56.0 Å². The van der Waals surface area contributed by atoms with Gasteiger partial charge in [-0.3, -0.25) is 9.59 Å². The summed E-state index contributed by atoms with van der Waals surface area (Å²) in [6, 6.07) is 13.6. The number of para-hydroxylation sites is 1. The standard InChI is InChI=1S/C13H20N2O.C13H17NO4S/c1-2-3-4-7-10-15-13(16)11-8-5-6-9-12(11)14;1-10-2-4-11(5-3-10)19(16,17)13(12(14)15)6-8-18-9-7-13/h5-6,8-9H,2-4,7,10,14H2,1H3,(H,15,16);2-5H,6-9H2,1H3,(H2,14,15). The molecule has 1 aliphatic rings. The van der Waals surface area contributed by atoms with Crippen LogP contribution in [-0.4, -0.2) is 44.7 Å². The van der Waals surface area contributed by atoms with Crippen LogP contribution in [0.1, 0.15) is 61.4 Å². The summed E-state index contributed by atoms with van der Waals surface area (Å²) < 4.78 is 29.0. The molecule has 1 saturated heterocycles. The smallest absolute Gasteiger partial charge is 0.253 e. The van der Waals surface area contributed by atoms with Crippen molar-refractivity contribution in [3.05, 3.63) is 59.7 Å². The second-order valence-electron chi connectivity index (χ2n) is 8.69. The molecule has 35 heavy (non-hydrogen) atoms. The largest absolute Gasteiger partial charge is 0.398 e. The van der Waals surface area contributed by atoms with Crippen molar-refractivity contribution in [2.24, 2.45) is 5.73 Å². The van der Waals surface area contributed by atoms with E-state index in [0.717, 1.165) is 18.5 Å². The Morgan fingerprint density at radius 2 is 1.63 bits per heavy atom. The minimum atomic E-state index is -3.79. The molecule has 0 unspecified atom stereocenters. The van der Waals surface area contributed by atoms with Crippen molar-refractivity contribution in [2.45, 2.75) is 62.0 Å². The Hall–Kier alpha value is -2.91. The van der Waals surface area contributed by atoms with Gasteiger partial charge in [-0.25, -0.2) is 8.42 Å². The molecular weight excluding hydrogens is 466 g/mol. The number of hydrogen-bond acceptors (Lipinski definition) is 6. The average Bonchev–Trinajstić information content (AvgIpc) is 2.85. The summed E-state index contributed by atoms with van der Waals surface area (Å²) in [6.07, 6.45) is 4.85. The van der Waals surface area contributed by atoms with Gasteiger partial charge in [0.1, 0.15) is 0 Å². The first-order chi connectivity index (χ1) is 16.7. The van der Waals surface area contributed by atoms with Gasteiger partial charge < -0.3 is 21.5 Å². The Bertz CT molecular complexity index is 1080. The fraction of sp³-hybridized carbons (Fsp3) is 0.462. The first kappa shape index (κ1) is 28.3. The highest BCUT2D eigenvalue weighted by Crippen LogP contribution is 2.34. The number of amides is 2. The molecule has 2 amide bonds. The third-order valence-corrected chi connectivity index (χ3v) is 8.65. The minimum Gasteiger partial charge on any atom is -0.398 e. The molecule has 0 aliphatic carbocycles. The normalized spacial score (nSPS) is 14.9. The zero-order valence-electron chi connectivity index (χ0n) is 20.6. The van der Waals surface area contributed by atoms with Gasteiger partial charge in [0.05, 0.1) is 10.5 Å². The van der Waals surface area contributed by atoms with E-state index < -0.39 is 20.5 Å². The van der Waals surface area contributed by atoms with E-state index in [0.29, 0.717) is 11.3 Å². The van der Waals surface area contributed by atoms with Crippen LogP contribution in [0.25, 0.3) is 0 Å². The molecule has 0 radical (unpaired) electrons. The van der Waals surface area contributed by atoms with E-state index in [1.807, 2.05) is 19.1 Å². The second-order valence-corrected chi connectivity index (χ2v) is 11.0. The molecular formula is C26H37N3O5S. The van der Waals surface area contributed by atoms with Crippen LogP contribution in [0.4, 0.5) is 5.69 Å². The fourth-order valence-corrected chi connectivity index (χ4v) is 5.76. The zero-order chi connectivity index (χ0) is 25.9. The molecule has 192 valence electrons. The highest BCUT2D eigenvalue weighted by molar-refractivity contribution is 7.93. The number of aryl methyl sites for hydroxylation is 1.